The third-order valence-electron chi connectivity index (χ3n) is 6.06. The van der Waals surface area contributed by atoms with Crippen LogP contribution in [0.2, 0.25) is 0 Å². The monoisotopic (exact) mass is 426 g/mol. The van der Waals surface area contributed by atoms with Gasteiger partial charge in [0.15, 0.2) is 0 Å². The summed E-state index contributed by atoms with van der Waals surface area (Å²) < 4.78 is 44.5. The molecule has 31 heavy (non-hydrogen) atoms. The summed E-state index contributed by atoms with van der Waals surface area (Å²) in [5.41, 5.74) is -0.578. The van der Waals surface area contributed by atoms with Crippen LogP contribution in [0.1, 0.15) is 37.5 Å². The molecule has 0 saturated carbocycles. The molecule has 4 rings (SSSR count). The Hall–Kier alpha value is -2.86. The highest BCUT2D eigenvalue weighted by atomic mass is 19.4. The number of fused-ring (bicyclic) bond motifs is 3. The Labute approximate surface area is 179 Å². The third-order valence-corrected chi connectivity index (χ3v) is 6.06. The van der Waals surface area contributed by atoms with Crippen LogP contribution in [0.25, 0.3) is 22.3 Å². The largest absolute Gasteiger partial charge is 0.425 e. The van der Waals surface area contributed by atoms with E-state index in [1.54, 1.807) is 23.0 Å². The van der Waals surface area contributed by atoms with Crippen molar-refractivity contribution in [2.24, 2.45) is 5.41 Å². The molecule has 1 aliphatic carbocycles. The van der Waals surface area contributed by atoms with Gasteiger partial charge in [-0.1, -0.05) is 63.2 Å². The molecule has 3 nitrogen and oxygen atoms in total. The van der Waals surface area contributed by atoms with Crippen LogP contribution in [-0.2, 0) is 18.6 Å². The molecular formula is C25H25F3N2O. The maximum atomic E-state index is 14.2. The number of aryl methyl sites for hydroxylation is 1. The number of alkyl halides is 3. The van der Waals surface area contributed by atoms with E-state index < -0.39 is 11.8 Å². The molecule has 1 N–H and O–H groups in total. The van der Waals surface area contributed by atoms with E-state index in [4.69, 9.17) is 0 Å². The molecule has 2 aromatic carbocycles. The SMILES string of the molecule is C=CC(C)(C)Cn1cc(-c2cc(CC)cc3c2-c2ccccc2C3(O)C(F)(F)F)cn1. The van der Waals surface area contributed by atoms with Gasteiger partial charge in [0.2, 0.25) is 5.60 Å². The van der Waals surface area contributed by atoms with E-state index in [0.717, 1.165) is 5.56 Å². The zero-order chi connectivity index (χ0) is 22.6. The minimum atomic E-state index is -4.85. The van der Waals surface area contributed by atoms with Crippen molar-refractivity contribution < 1.29 is 18.3 Å². The topological polar surface area (TPSA) is 38.0 Å². The van der Waals surface area contributed by atoms with Gasteiger partial charge >= 0.3 is 6.18 Å². The number of nitrogens with zero attached hydrogens (tertiary/aromatic N) is 2. The van der Waals surface area contributed by atoms with Crippen LogP contribution in [0, 0.1) is 5.41 Å². The lowest BCUT2D eigenvalue weighted by Gasteiger charge is -2.28. The Bertz CT molecular complexity index is 1160. The van der Waals surface area contributed by atoms with Crippen molar-refractivity contribution in [1.82, 2.24) is 9.78 Å². The average Bonchev–Trinajstić information content (AvgIpc) is 3.28. The summed E-state index contributed by atoms with van der Waals surface area (Å²) in [5, 5.41) is 15.5. The first-order valence-corrected chi connectivity index (χ1v) is 10.2. The lowest BCUT2D eigenvalue weighted by molar-refractivity contribution is -0.246. The second-order valence-corrected chi connectivity index (χ2v) is 8.79. The first-order chi connectivity index (χ1) is 14.5. The fraction of sp³-hybridized carbons (Fsp3) is 0.320. The van der Waals surface area contributed by atoms with Crippen molar-refractivity contribution in [3.8, 4) is 22.3 Å². The lowest BCUT2D eigenvalue weighted by atomic mass is 9.87. The van der Waals surface area contributed by atoms with Gasteiger partial charge in [0.05, 0.1) is 6.20 Å². The Kier molecular flexibility index (Phi) is 4.89. The van der Waals surface area contributed by atoms with E-state index in [1.807, 2.05) is 39.1 Å². The predicted octanol–water partition coefficient (Wildman–Crippen LogP) is 6.10. The molecule has 0 saturated heterocycles. The van der Waals surface area contributed by atoms with Gasteiger partial charge in [0.25, 0.3) is 0 Å². The third kappa shape index (κ3) is 3.30. The molecular weight excluding hydrogens is 401 g/mol. The van der Waals surface area contributed by atoms with Crippen molar-refractivity contribution in [2.75, 3.05) is 0 Å². The first-order valence-electron chi connectivity index (χ1n) is 10.2. The van der Waals surface area contributed by atoms with E-state index in [2.05, 4.69) is 11.7 Å². The van der Waals surface area contributed by atoms with Crippen molar-refractivity contribution in [1.29, 1.82) is 0 Å². The molecule has 0 fully saturated rings. The number of aromatic nitrogens is 2. The summed E-state index contributed by atoms with van der Waals surface area (Å²) in [5.74, 6) is 0. The van der Waals surface area contributed by atoms with Crippen LogP contribution in [0.5, 0.6) is 0 Å². The van der Waals surface area contributed by atoms with E-state index in [9.17, 15) is 18.3 Å². The maximum absolute atomic E-state index is 14.2. The van der Waals surface area contributed by atoms with Gasteiger partial charge in [0, 0.05) is 34.8 Å². The van der Waals surface area contributed by atoms with Crippen molar-refractivity contribution >= 4 is 0 Å². The molecule has 0 radical (unpaired) electrons. The van der Waals surface area contributed by atoms with Crippen molar-refractivity contribution in [2.45, 2.75) is 45.5 Å². The van der Waals surface area contributed by atoms with Gasteiger partial charge in [-0.15, -0.1) is 6.58 Å². The molecule has 0 amide bonds. The molecule has 1 unspecified atom stereocenters. The smallest absolute Gasteiger partial charge is 0.372 e. The number of aliphatic hydroxyl groups is 1. The summed E-state index contributed by atoms with van der Waals surface area (Å²) in [6.07, 6.45) is 1.05. The Balaban J connectivity index is 1.97. The minimum absolute atomic E-state index is 0.116. The van der Waals surface area contributed by atoms with Crippen LogP contribution < -0.4 is 0 Å². The second kappa shape index (κ2) is 7.09. The van der Waals surface area contributed by atoms with Gasteiger partial charge < -0.3 is 5.11 Å². The molecule has 1 aromatic heterocycles. The summed E-state index contributed by atoms with van der Waals surface area (Å²) >= 11 is 0. The molecule has 1 atom stereocenters. The highest BCUT2D eigenvalue weighted by Gasteiger charge is 2.61. The normalized spacial score (nSPS) is 18.0. The average molecular weight is 426 g/mol. The van der Waals surface area contributed by atoms with E-state index in [0.29, 0.717) is 35.2 Å². The van der Waals surface area contributed by atoms with Crippen LogP contribution >= 0.6 is 0 Å². The van der Waals surface area contributed by atoms with Crippen molar-refractivity contribution in [3.05, 3.63) is 78.1 Å². The molecule has 0 bridgehead atoms. The van der Waals surface area contributed by atoms with Gasteiger partial charge in [-0.3, -0.25) is 4.68 Å². The van der Waals surface area contributed by atoms with Crippen LogP contribution in [0.15, 0.2) is 61.4 Å². The standard InChI is InChI=1S/C25H25F3N2O/c1-5-16-11-19(17-13-29-30(14-17)15-23(3,4)6-2)22-18-9-7-8-10-20(18)24(31,21(22)12-16)25(26,27)28/h6-14,31H,2,5,15H2,1,3-4H3. The van der Waals surface area contributed by atoms with E-state index >= 15 is 0 Å². The maximum Gasteiger partial charge on any atom is 0.425 e. The summed E-state index contributed by atoms with van der Waals surface area (Å²) in [7, 11) is 0. The highest BCUT2D eigenvalue weighted by Crippen LogP contribution is 2.57. The number of allylic oxidation sites excluding steroid dienone is 1. The molecule has 162 valence electrons. The van der Waals surface area contributed by atoms with Gasteiger partial charge in [-0.05, 0) is 28.7 Å². The predicted molar refractivity (Wildman–Crippen MR) is 116 cm³/mol. The number of halogens is 3. The molecule has 1 heterocycles. The number of hydrogen-bond donors (Lipinski definition) is 1. The molecule has 0 aliphatic heterocycles. The fourth-order valence-electron chi connectivity index (χ4n) is 4.25. The summed E-state index contributed by atoms with van der Waals surface area (Å²) in [6.45, 7) is 10.4. The van der Waals surface area contributed by atoms with Crippen LogP contribution in [0.4, 0.5) is 13.2 Å². The van der Waals surface area contributed by atoms with Crippen LogP contribution in [-0.4, -0.2) is 21.1 Å². The van der Waals surface area contributed by atoms with Crippen LogP contribution in [0.3, 0.4) is 0 Å². The van der Waals surface area contributed by atoms with Gasteiger partial charge in [-0.2, -0.15) is 18.3 Å². The quantitative estimate of drug-likeness (QED) is 0.501. The minimum Gasteiger partial charge on any atom is -0.372 e. The highest BCUT2D eigenvalue weighted by molar-refractivity contribution is 5.92. The molecule has 0 spiro atoms. The number of rotatable bonds is 5. The summed E-state index contributed by atoms with van der Waals surface area (Å²) in [4.78, 5) is 0. The zero-order valence-corrected chi connectivity index (χ0v) is 17.8. The first kappa shape index (κ1) is 21.4. The van der Waals surface area contributed by atoms with Crippen molar-refractivity contribution in [3.63, 3.8) is 0 Å². The van der Waals surface area contributed by atoms with Gasteiger partial charge in [-0.25, -0.2) is 0 Å². The fourth-order valence-corrected chi connectivity index (χ4v) is 4.25. The Morgan fingerprint density at radius 1 is 1.13 bits per heavy atom. The second-order valence-electron chi connectivity index (χ2n) is 8.79. The molecule has 6 heteroatoms. The van der Waals surface area contributed by atoms with E-state index in [-0.39, 0.29) is 16.5 Å². The summed E-state index contributed by atoms with van der Waals surface area (Å²) in [6, 6.07) is 9.59. The number of hydrogen-bond acceptors (Lipinski definition) is 2. The zero-order valence-electron chi connectivity index (χ0n) is 17.8. The van der Waals surface area contributed by atoms with Gasteiger partial charge in [0.1, 0.15) is 0 Å². The number of benzene rings is 2. The molecule has 3 aromatic rings. The lowest BCUT2D eigenvalue weighted by Crippen LogP contribution is -2.41. The molecule has 1 aliphatic rings. The van der Waals surface area contributed by atoms with E-state index in [1.165, 1.54) is 18.2 Å². The Morgan fingerprint density at radius 3 is 2.48 bits per heavy atom. The Morgan fingerprint density at radius 2 is 1.84 bits per heavy atom.